The van der Waals surface area contributed by atoms with Gasteiger partial charge in [-0.25, -0.2) is 8.42 Å². The van der Waals surface area contributed by atoms with Crippen molar-refractivity contribution in [3.63, 3.8) is 0 Å². The van der Waals surface area contributed by atoms with Crippen molar-refractivity contribution < 1.29 is 13.2 Å². The average Bonchev–Trinajstić information content (AvgIpc) is 3.22. The van der Waals surface area contributed by atoms with Crippen LogP contribution in [0.25, 0.3) is 0 Å². The SMILES string of the molecule is CSc1cccc(N2C=C(C(=O)N3CCCC3)S(=O)(=O)c3ccc(Cl)cc32)c1. The minimum absolute atomic E-state index is 0.0940. The van der Waals surface area contributed by atoms with Crippen LogP contribution in [-0.4, -0.2) is 38.6 Å². The van der Waals surface area contributed by atoms with Crippen molar-refractivity contribution in [2.75, 3.05) is 24.2 Å². The minimum atomic E-state index is -3.93. The second-order valence-corrected chi connectivity index (χ2v) is 9.88. The summed E-state index contributed by atoms with van der Waals surface area (Å²) in [6.07, 6.45) is 5.20. The fourth-order valence-corrected chi connectivity index (χ4v) is 5.64. The van der Waals surface area contributed by atoms with Crippen LogP contribution in [-0.2, 0) is 14.6 Å². The molecule has 0 bridgehead atoms. The Morgan fingerprint density at radius 1 is 1.11 bits per heavy atom. The van der Waals surface area contributed by atoms with Gasteiger partial charge in [-0.3, -0.25) is 4.79 Å². The highest BCUT2D eigenvalue weighted by Crippen LogP contribution is 2.42. The van der Waals surface area contributed by atoms with Gasteiger partial charge in [-0.05, 0) is 55.5 Å². The van der Waals surface area contributed by atoms with E-state index in [-0.39, 0.29) is 9.80 Å². The lowest BCUT2D eigenvalue weighted by Crippen LogP contribution is -2.35. The van der Waals surface area contributed by atoms with Crippen molar-refractivity contribution in [2.45, 2.75) is 22.6 Å². The van der Waals surface area contributed by atoms with Gasteiger partial charge in [0.2, 0.25) is 9.84 Å². The summed E-state index contributed by atoms with van der Waals surface area (Å²) in [5.41, 5.74) is 1.22. The van der Waals surface area contributed by atoms with Crippen LogP contribution in [0, 0.1) is 0 Å². The number of sulfone groups is 1. The molecule has 2 aliphatic rings. The highest BCUT2D eigenvalue weighted by Gasteiger charge is 2.38. The van der Waals surface area contributed by atoms with Crippen LogP contribution in [0.4, 0.5) is 11.4 Å². The topological polar surface area (TPSA) is 57.7 Å². The third kappa shape index (κ3) is 3.32. The van der Waals surface area contributed by atoms with Crippen LogP contribution in [0.15, 0.2) is 63.4 Å². The Morgan fingerprint density at radius 2 is 1.86 bits per heavy atom. The zero-order valence-corrected chi connectivity index (χ0v) is 17.6. The van der Waals surface area contributed by atoms with E-state index in [1.807, 2.05) is 30.5 Å². The second kappa shape index (κ2) is 7.46. The van der Waals surface area contributed by atoms with Gasteiger partial charge < -0.3 is 9.80 Å². The zero-order valence-electron chi connectivity index (χ0n) is 15.3. The maximum Gasteiger partial charge on any atom is 0.267 e. The smallest absolute Gasteiger partial charge is 0.267 e. The molecule has 0 aliphatic carbocycles. The number of anilines is 2. The van der Waals surface area contributed by atoms with E-state index in [1.165, 1.54) is 18.3 Å². The summed E-state index contributed by atoms with van der Waals surface area (Å²) in [6, 6.07) is 12.4. The van der Waals surface area contributed by atoms with Gasteiger partial charge in [0.15, 0.2) is 4.91 Å². The molecule has 5 nitrogen and oxygen atoms in total. The molecule has 1 fully saturated rings. The number of thioether (sulfide) groups is 1. The molecule has 8 heteroatoms. The van der Waals surface area contributed by atoms with Crippen LogP contribution in [0.1, 0.15) is 12.8 Å². The van der Waals surface area contributed by atoms with E-state index in [4.69, 9.17) is 11.6 Å². The maximum atomic E-state index is 13.2. The first-order chi connectivity index (χ1) is 13.4. The normalized spacial score (nSPS) is 18.0. The number of carbonyl (C=O) groups excluding carboxylic acids is 1. The number of fused-ring (bicyclic) bond motifs is 1. The highest BCUT2D eigenvalue weighted by molar-refractivity contribution is 7.98. The molecular formula is C20H19ClN2O3S2. The van der Waals surface area contributed by atoms with E-state index in [0.717, 1.165) is 23.4 Å². The third-order valence-corrected chi connectivity index (χ3v) is 7.69. The van der Waals surface area contributed by atoms with E-state index in [2.05, 4.69) is 0 Å². The Hall–Kier alpha value is -1.96. The van der Waals surface area contributed by atoms with Crippen molar-refractivity contribution in [3.05, 3.63) is 58.6 Å². The average molecular weight is 435 g/mol. The summed E-state index contributed by atoms with van der Waals surface area (Å²) >= 11 is 7.75. The molecule has 28 heavy (non-hydrogen) atoms. The van der Waals surface area contributed by atoms with E-state index in [0.29, 0.717) is 23.8 Å². The molecule has 146 valence electrons. The lowest BCUT2D eigenvalue weighted by molar-refractivity contribution is -0.125. The molecule has 0 atom stereocenters. The number of benzene rings is 2. The van der Waals surface area contributed by atoms with Crippen LogP contribution >= 0.6 is 23.4 Å². The highest BCUT2D eigenvalue weighted by atomic mass is 35.5. The quantitative estimate of drug-likeness (QED) is 0.668. The molecule has 2 aliphatic heterocycles. The lowest BCUT2D eigenvalue weighted by Gasteiger charge is -2.30. The first-order valence-corrected chi connectivity index (χ1v) is 12.0. The van der Waals surface area contributed by atoms with Gasteiger partial charge in [-0.1, -0.05) is 17.7 Å². The monoisotopic (exact) mass is 434 g/mol. The first kappa shape index (κ1) is 19.4. The van der Waals surface area contributed by atoms with E-state index in [1.54, 1.807) is 27.6 Å². The van der Waals surface area contributed by atoms with Crippen molar-refractivity contribution in [1.29, 1.82) is 0 Å². The van der Waals surface area contributed by atoms with E-state index < -0.39 is 15.7 Å². The number of nitrogens with zero attached hydrogens (tertiary/aromatic N) is 2. The van der Waals surface area contributed by atoms with Gasteiger partial charge in [0.25, 0.3) is 5.91 Å². The third-order valence-electron chi connectivity index (χ3n) is 4.94. The Kier molecular flexibility index (Phi) is 5.16. The van der Waals surface area contributed by atoms with Crippen LogP contribution < -0.4 is 4.90 Å². The molecule has 0 spiro atoms. The summed E-state index contributed by atoms with van der Waals surface area (Å²) in [6.45, 7) is 1.17. The van der Waals surface area contributed by atoms with Crippen molar-refractivity contribution in [3.8, 4) is 0 Å². The Bertz CT molecular complexity index is 1080. The summed E-state index contributed by atoms with van der Waals surface area (Å²) in [5, 5.41) is 0.433. The van der Waals surface area contributed by atoms with Crippen molar-refractivity contribution >= 4 is 50.5 Å². The predicted octanol–water partition coefficient (Wildman–Crippen LogP) is 4.45. The van der Waals surface area contributed by atoms with Crippen LogP contribution in [0.2, 0.25) is 5.02 Å². The zero-order chi connectivity index (χ0) is 19.9. The van der Waals surface area contributed by atoms with Gasteiger partial charge in [-0.15, -0.1) is 11.8 Å². The number of hydrogen-bond donors (Lipinski definition) is 0. The molecule has 1 amide bonds. The number of amides is 1. The molecule has 1 saturated heterocycles. The molecule has 4 rings (SSSR count). The molecule has 0 radical (unpaired) electrons. The molecule has 0 unspecified atom stereocenters. The number of carbonyl (C=O) groups is 1. The van der Waals surface area contributed by atoms with Crippen LogP contribution in [0.3, 0.4) is 0 Å². The van der Waals surface area contributed by atoms with Crippen LogP contribution in [0.5, 0.6) is 0 Å². The molecular weight excluding hydrogens is 416 g/mol. The Labute approximate surface area is 173 Å². The standard InChI is InChI=1S/C20H19ClN2O3S2/c1-27-16-6-4-5-15(12-16)23-13-19(20(24)22-9-2-3-10-22)28(25,26)18-8-7-14(21)11-17(18)23/h4-8,11-13H,2-3,9-10H2,1H3. The largest absolute Gasteiger partial charge is 0.338 e. The lowest BCUT2D eigenvalue weighted by atomic mass is 10.2. The first-order valence-electron chi connectivity index (χ1n) is 8.91. The minimum Gasteiger partial charge on any atom is -0.338 e. The fraction of sp³-hybridized carbons (Fsp3) is 0.250. The van der Waals surface area contributed by atoms with Gasteiger partial charge in [0, 0.05) is 34.9 Å². The summed E-state index contributed by atoms with van der Waals surface area (Å²) in [4.78, 5) is 17.3. The number of halogens is 1. The molecule has 0 saturated carbocycles. The second-order valence-electron chi connectivity index (χ2n) is 6.68. The van der Waals surface area contributed by atoms with Crippen molar-refractivity contribution in [2.24, 2.45) is 0 Å². The summed E-state index contributed by atoms with van der Waals surface area (Å²) < 4.78 is 26.4. The fourth-order valence-electron chi connectivity index (χ4n) is 3.50. The summed E-state index contributed by atoms with van der Waals surface area (Å²) in [5.74, 6) is -0.441. The van der Waals surface area contributed by atoms with Gasteiger partial charge in [-0.2, -0.15) is 0 Å². The maximum absolute atomic E-state index is 13.2. The number of likely N-dealkylation sites (tertiary alicyclic amines) is 1. The van der Waals surface area contributed by atoms with Gasteiger partial charge in [0.05, 0.1) is 10.6 Å². The van der Waals surface area contributed by atoms with Gasteiger partial charge in [0.1, 0.15) is 0 Å². The van der Waals surface area contributed by atoms with Crippen molar-refractivity contribution in [1.82, 2.24) is 4.90 Å². The van der Waals surface area contributed by atoms with E-state index in [9.17, 15) is 13.2 Å². The molecule has 0 N–H and O–H groups in total. The predicted molar refractivity (Wildman–Crippen MR) is 113 cm³/mol. The molecule has 0 aromatic heterocycles. The Morgan fingerprint density at radius 3 is 2.57 bits per heavy atom. The number of hydrogen-bond acceptors (Lipinski definition) is 5. The molecule has 2 aromatic rings. The van der Waals surface area contributed by atoms with E-state index >= 15 is 0 Å². The Balaban J connectivity index is 1.90. The van der Waals surface area contributed by atoms with Gasteiger partial charge >= 0.3 is 0 Å². The molecule has 2 heterocycles. The molecule has 2 aromatic carbocycles. The number of rotatable bonds is 3. The summed E-state index contributed by atoms with van der Waals surface area (Å²) in [7, 11) is -3.93.